The molecule has 2 aliphatic heterocycles. The van der Waals surface area contributed by atoms with Gasteiger partial charge in [0.15, 0.2) is 0 Å². The third kappa shape index (κ3) is 2.72. The Morgan fingerprint density at radius 2 is 2.19 bits per heavy atom. The fourth-order valence-electron chi connectivity index (χ4n) is 2.27. The predicted molar refractivity (Wildman–Crippen MR) is 55.5 cm³/mol. The Labute approximate surface area is 94.0 Å². The molecule has 6 nitrogen and oxygen atoms in total. The molecule has 0 aromatic heterocycles. The zero-order valence-corrected chi connectivity index (χ0v) is 9.57. The lowest BCUT2D eigenvalue weighted by Crippen LogP contribution is -2.42. The van der Waals surface area contributed by atoms with Crippen LogP contribution in [0.2, 0.25) is 0 Å². The number of rotatable bonds is 5. The topological polar surface area (TPSA) is 92.7 Å². The van der Waals surface area contributed by atoms with Crippen LogP contribution >= 0.6 is 0 Å². The average Bonchev–Trinajstić information content (AvgIpc) is 2.75. The van der Waals surface area contributed by atoms with Gasteiger partial charge in [0, 0.05) is 0 Å². The van der Waals surface area contributed by atoms with Crippen molar-refractivity contribution in [3.05, 3.63) is 0 Å². The van der Waals surface area contributed by atoms with E-state index in [1.165, 1.54) is 0 Å². The third-order valence-electron chi connectivity index (χ3n) is 3.02. The maximum atomic E-state index is 11.5. The molecule has 3 atom stereocenters. The lowest BCUT2D eigenvalue weighted by atomic mass is 9.96. The summed E-state index contributed by atoms with van der Waals surface area (Å²) in [6, 6.07) is -0.169. The molecule has 2 fully saturated rings. The first-order valence-electron chi connectivity index (χ1n) is 5.33. The molecule has 2 heterocycles. The van der Waals surface area contributed by atoms with Crippen LogP contribution in [0.15, 0.2) is 0 Å². The number of carbonyl (C=O) groups is 1. The van der Waals surface area contributed by atoms with Gasteiger partial charge in [-0.1, -0.05) is 0 Å². The number of ether oxygens (including phenoxy) is 1. The number of fused-ring (bicyclic) bond motifs is 2. The molecular weight excluding hydrogens is 234 g/mol. The van der Waals surface area contributed by atoms with E-state index in [9.17, 15) is 13.2 Å². The van der Waals surface area contributed by atoms with Gasteiger partial charge in [-0.05, 0) is 19.3 Å². The molecule has 0 spiro atoms. The Bertz CT molecular complexity index is 379. The zero-order chi connectivity index (χ0) is 11.8. The first kappa shape index (κ1) is 11.8. The number of hydrogen-bond donors (Lipinski definition) is 2. The highest BCUT2D eigenvalue weighted by Gasteiger charge is 2.42. The molecule has 3 unspecified atom stereocenters. The van der Waals surface area contributed by atoms with Gasteiger partial charge >= 0.3 is 5.97 Å². The zero-order valence-electron chi connectivity index (χ0n) is 8.76. The van der Waals surface area contributed by atoms with Crippen LogP contribution in [0.1, 0.15) is 25.7 Å². The molecule has 2 aliphatic rings. The molecule has 0 radical (unpaired) electrons. The molecule has 92 valence electrons. The predicted octanol–water partition coefficient (Wildman–Crippen LogP) is -0.300. The molecule has 7 heteroatoms. The Balaban J connectivity index is 1.86. The molecule has 2 rings (SSSR count). The van der Waals surface area contributed by atoms with Crippen molar-refractivity contribution in [2.24, 2.45) is 0 Å². The highest BCUT2D eigenvalue weighted by Crippen LogP contribution is 2.34. The van der Waals surface area contributed by atoms with Crippen LogP contribution in [0.4, 0.5) is 0 Å². The van der Waals surface area contributed by atoms with Crippen molar-refractivity contribution in [2.75, 3.05) is 5.75 Å². The Morgan fingerprint density at radius 1 is 1.44 bits per heavy atom. The molecule has 16 heavy (non-hydrogen) atoms. The van der Waals surface area contributed by atoms with E-state index < -0.39 is 16.0 Å². The van der Waals surface area contributed by atoms with Gasteiger partial charge in [0.1, 0.15) is 0 Å². The van der Waals surface area contributed by atoms with Crippen molar-refractivity contribution in [1.29, 1.82) is 0 Å². The van der Waals surface area contributed by atoms with E-state index >= 15 is 0 Å². The van der Waals surface area contributed by atoms with Gasteiger partial charge in [-0.3, -0.25) is 4.79 Å². The molecule has 2 N–H and O–H groups in total. The number of aliphatic carboxylic acids is 1. The monoisotopic (exact) mass is 249 g/mol. The summed E-state index contributed by atoms with van der Waals surface area (Å²) in [7, 11) is -3.49. The number of carboxylic acids is 1. The highest BCUT2D eigenvalue weighted by molar-refractivity contribution is 7.89. The lowest BCUT2D eigenvalue weighted by molar-refractivity contribution is -0.136. The Morgan fingerprint density at radius 3 is 2.69 bits per heavy atom. The van der Waals surface area contributed by atoms with E-state index in [1.54, 1.807) is 0 Å². The molecule has 0 aromatic rings. The molecule has 0 amide bonds. The van der Waals surface area contributed by atoms with E-state index in [4.69, 9.17) is 9.84 Å². The van der Waals surface area contributed by atoms with Gasteiger partial charge < -0.3 is 9.84 Å². The van der Waals surface area contributed by atoms with E-state index in [0.717, 1.165) is 12.8 Å². The third-order valence-corrected chi connectivity index (χ3v) is 4.43. The van der Waals surface area contributed by atoms with E-state index in [0.29, 0.717) is 6.42 Å². The summed E-state index contributed by atoms with van der Waals surface area (Å²) in [4.78, 5) is 10.3. The van der Waals surface area contributed by atoms with Crippen molar-refractivity contribution in [3.8, 4) is 0 Å². The van der Waals surface area contributed by atoms with Gasteiger partial charge in [0.05, 0.1) is 30.4 Å². The largest absolute Gasteiger partial charge is 0.481 e. The molecule has 0 aromatic carbocycles. The summed E-state index contributed by atoms with van der Waals surface area (Å²) in [5.41, 5.74) is 0. The van der Waals surface area contributed by atoms with Crippen LogP contribution in [-0.4, -0.2) is 43.5 Å². The molecular formula is C9H15NO5S. The minimum atomic E-state index is -3.49. The highest BCUT2D eigenvalue weighted by atomic mass is 32.2. The standard InChI is InChI=1S/C9H15NO5S/c11-9(12)3-4-16(13,14)10-7-5-6-1-2-8(7)15-6/h6-8,10H,1-5H2,(H,11,12). The minimum Gasteiger partial charge on any atom is -0.481 e. The summed E-state index contributed by atoms with van der Waals surface area (Å²) in [5, 5.41) is 8.43. The quantitative estimate of drug-likeness (QED) is 0.698. The van der Waals surface area contributed by atoms with Crippen molar-refractivity contribution in [3.63, 3.8) is 0 Å². The summed E-state index contributed by atoms with van der Waals surface area (Å²) >= 11 is 0. The second-order valence-electron chi connectivity index (χ2n) is 4.30. The molecule has 2 bridgehead atoms. The smallest absolute Gasteiger partial charge is 0.304 e. The second-order valence-corrected chi connectivity index (χ2v) is 6.17. The fourth-order valence-corrected chi connectivity index (χ4v) is 3.54. The molecule has 0 aliphatic carbocycles. The van der Waals surface area contributed by atoms with E-state index in [1.807, 2.05) is 0 Å². The van der Waals surface area contributed by atoms with Crippen LogP contribution < -0.4 is 4.72 Å². The van der Waals surface area contributed by atoms with Crippen LogP contribution in [0, 0.1) is 0 Å². The van der Waals surface area contributed by atoms with E-state index in [2.05, 4.69) is 4.72 Å². The summed E-state index contributed by atoms with van der Waals surface area (Å²) in [5.74, 6) is -1.47. The maximum Gasteiger partial charge on any atom is 0.304 e. The lowest BCUT2D eigenvalue weighted by Gasteiger charge is -2.19. The normalized spacial score (nSPS) is 33.1. The number of sulfonamides is 1. The summed E-state index contributed by atoms with van der Waals surface area (Å²) in [6.45, 7) is 0. The van der Waals surface area contributed by atoms with Crippen LogP contribution in [0.5, 0.6) is 0 Å². The van der Waals surface area contributed by atoms with Crippen molar-refractivity contribution in [1.82, 2.24) is 4.72 Å². The molecule has 0 saturated carbocycles. The van der Waals surface area contributed by atoms with Crippen molar-refractivity contribution >= 4 is 16.0 Å². The van der Waals surface area contributed by atoms with E-state index in [-0.39, 0.29) is 30.4 Å². The van der Waals surface area contributed by atoms with Crippen LogP contribution in [-0.2, 0) is 19.6 Å². The first-order valence-corrected chi connectivity index (χ1v) is 6.99. The average molecular weight is 249 g/mol. The SMILES string of the molecule is O=C(O)CCS(=O)(=O)NC1CC2CCC1O2. The van der Waals surface area contributed by atoms with Crippen molar-refractivity contribution in [2.45, 2.75) is 43.9 Å². The van der Waals surface area contributed by atoms with Gasteiger partial charge in [0.2, 0.25) is 10.0 Å². The second kappa shape index (κ2) is 4.31. The van der Waals surface area contributed by atoms with Gasteiger partial charge in [-0.2, -0.15) is 0 Å². The van der Waals surface area contributed by atoms with Gasteiger partial charge in [-0.15, -0.1) is 0 Å². The first-order chi connectivity index (χ1) is 7.46. The Hall–Kier alpha value is -0.660. The molecule has 2 saturated heterocycles. The number of nitrogens with one attached hydrogen (secondary N) is 1. The van der Waals surface area contributed by atoms with Gasteiger partial charge in [-0.25, -0.2) is 13.1 Å². The minimum absolute atomic E-state index is 0.0235. The van der Waals surface area contributed by atoms with Crippen LogP contribution in [0.25, 0.3) is 0 Å². The van der Waals surface area contributed by atoms with Gasteiger partial charge in [0.25, 0.3) is 0 Å². The fraction of sp³-hybridized carbons (Fsp3) is 0.889. The summed E-state index contributed by atoms with van der Waals surface area (Å²) in [6.07, 6.45) is 2.38. The number of hydrogen-bond acceptors (Lipinski definition) is 4. The summed E-state index contributed by atoms with van der Waals surface area (Å²) < 4.78 is 31.1. The van der Waals surface area contributed by atoms with Crippen molar-refractivity contribution < 1.29 is 23.1 Å². The number of carboxylic acid groups (broad SMARTS) is 1. The Kier molecular flexibility index (Phi) is 3.18. The maximum absolute atomic E-state index is 11.5. The van der Waals surface area contributed by atoms with Crippen LogP contribution in [0.3, 0.4) is 0 Å².